The molecule has 3 rings (SSSR count). The van der Waals surface area contributed by atoms with Crippen molar-refractivity contribution in [3.63, 3.8) is 0 Å². The Morgan fingerprint density at radius 1 is 1.00 bits per heavy atom. The van der Waals surface area contributed by atoms with E-state index in [0.29, 0.717) is 0 Å². The molecule has 0 aromatic heterocycles. The van der Waals surface area contributed by atoms with Gasteiger partial charge in [-0.15, -0.1) is 0 Å². The van der Waals surface area contributed by atoms with E-state index in [4.69, 9.17) is 0 Å². The van der Waals surface area contributed by atoms with Crippen LogP contribution in [0.25, 0.3) is 0 Å². The van der Waals surface area contributed by atoms with Gasteiger partial charge >= 0.3 is 0 Å². The molecule has 0 spiro atoms. The van der Waals surface area contributed by atoms with E-state index >= 15 is 0 Å². The van der Waals surface area contributed by atoms with Gasteiger partial charge < -0.3 is 15.1 Å². The van der Waals surface area contributed by atoms with Gasteiger partial charge in [-0.1, -0.05) is 6.42 Å². The molecule has 3 fully saturated rings. The average molecular weight is 283 g/mol. The van der Waals surface area contributed by atoms with Crippen molar-refractivity contribution in [3.05, 3.63) is 0 Å². The highest BCUT2D eigenvalue weighted by Gasteiger charge is 2.26. The van der Waals surface area contributed by atoms with Crippen LogP contribution in [0.5, 0.6) is 0 Å². The highest BCUT2D eigenvalue weighted by Crippen LogP contribution is 2.21. The van der Waals surface area contributed by atoms with Crippen LogP contribution in [0.1, 0.15) is 32.1 Å². The number of rotatable bonds is 3. The van der Waals surface area contributed by atoms with Gasteiger partial charge in [0.25, 0.3) is 0 Å². The fourth-order valence-electron chi connectivity index (χ4n) is 3.80. The summed E-state index contributed by atoms with van der Waals surface area (Å²) in [6.07, 6.45) is 7.13. The average Bonchev–Trinajstić information content (AvgIpc) is 2.50. The minimum Gasteiger partial charge on any atom is -0.311 e. The van der Waals surface area contributed by atoms with E-state index < -0.39 is 0 Å². The molecule has 0 amide bonds. The monoisotopic (exact) mass is 283 g/mol. The Morgan fingerprint density at radius 3 is 2.47 bits per heavy atom. The van der Waals surface area contributed by atoms with Crippen LogP contribution in [0.3, 0.4) is 0 Å². The van der Waals surface area contributed by atoms with E-state index in [0.717, 1.165) is 12.1 Å². The molecule has 0 aromatic rings. The zero-order chi connectivity index (χ0) is 12.9. The molecule has 0 bridgehead atoms. The van der Waals surface area contributed by atoms with Crippen molar-refractivity contribution in [1.82, 2.24) is 15.1 Å². The SMILES string of the molecule is C1CCN(C2CCN(CC3CSCCN3)CC2)CC1. The quantitative estimate of drug-likeness (QED) is 0.848. The summed E-state index contributed by atoms with van der Waals surface area (Å²) in [4.78, 5) is 5.47. The summed E-state index contributed by atoms with van der Waals surface area (Å²) >= 11 is 2.12. The molecule has 0 saturated carbocycles. The first-order chi connectivity index (χ1) is 9.42. The minimum atomic E-state index is 0.741. The third kappa shape index (κ3) is 4.10. The molecule has 1 unspecified atom stereocenters. The summed E-state index contributed by atoms with van der Waals surface area (Å²) in [6, 6.07) is 1.63. The summed E-state index contributed by atoms with van der Waals surface area (Å²) in [5.41, 5.74) is 0. The van der Waals surface area contributed by atoms with Gasteiger partial charge in [-0.25, -0.2) is 0 Å². The lowest BCUT2D eigenvalue weighted by molar-refractivity contribution is 0.0892. The third-order valence-corrected chi connectivity index (χ3v) is 6.07. The number of nitrogens with one attached hydrogen (secondary N) is 1. The zero-order valence-electron chi connectivity index (χ0n) is 12.1. The number of nitrogens with zero attached hydrogens (tertiary/aromatic N) is 2. The van der Waals surface area contributed by atoms with Crippen LogP contribution in [0.4, 0.5) is 0 Å². The number of piperidine rings is 2. The molecular formula is C15H29N3S. The van der Waals surface area contributed by atoms with Gasteiger partial charge in [0.1, 0.15) is 0 Å². The van der Waals surface area contributed by atoms with Gasteiger partial charge in [0, 0.05) is 36.7 Å². The predicted octanol–water partition coefficient (Wildman–Crippen LogP) is 1.64. The van der Waals surface area contributed by atoms with Crippen molar-refractivity contribution in [2.75, 3.05) is 50.8 Å². The highest BCUT2D eigenvalue weighted by molar-refractivity contribution is 7.99. The molecule has 1 atom stereocenters. The lowest BCUT2D eigenvalue weighted by atomic mass is 9.99. The second kappa shape index (κ2) is 7.30. The first kappa shape index (κ1) is 14.2. The molecule has 3 aliphatic rings. The molecule has 0 aromatic carbocycles. The smallest absolute Gasteiger partial charge is 0.0285 e. The first-order valence-corrected chi connectivity index (χ1v) is 9.35. The van der Waals surface area contributed by atoms with Gasteiger partial charge in [-0.2, -0.15) is 11.8 Å². The molecule has 3 nitrogen and oxygen atoms in total. The van der Waals surface area contributed by atoms with E-state index in [1.165, 1.54) is 82.9 Å². The maximum atomic E-state index is 3.67. The fourth-order valence-corrected chi connectivity index (χ4v) is 4.74. The molecule has 110 valence electrons. The largest absolute Gasteiger partial charge is 0.311 e. The van der Waals surface area contributed by atoms with Gasteiger partial charge in [-0.05, 0) is 51.9 Å². The number of likely N-dealkylation sites (tertiary alicyclic amines) is 2. The Bertz CT molecular complexity index is 254. The normalized spacial score (nSPS) is 32.5. The molecule has 1 N–H and O–H groups in total. The summed E-state index contributed by atoms with van der Waals surface area (Å²) in [5.74, 6) is 2.61. The second-order valence-corrected chi connectivity index (χ2v) is 7.50. The summed E-state index contributed by atoms with van der Waals surface area (Å²) < 4.78 is 0. The van der Waals surface area contributed by atoms with Crippen LogP contribution in [0.2, 0.25) is 0 Å². The molecule has 4 heteroatoms. The Hall–Kier alpha value is 0.230. The molecule has 0 aliphatic carbocycles. The van der Waals surface area contributed by atoms with Crippen LogP contribution in [-0.4, -0.2) is 72.7 Å². The molecule has 19 heavy (non-hydrogen) atoms. The van der Waals surface area contributed by atoms with Crippen molar-refractivity contribution in [2.45, 2.75) is 44.2 Å². The standard InChI is InChI=1S/C15H29N3S/c1-2-7-18(8-3-1)15-4-9-17(10-5-15)12-14-13-19-11-6-16-14/h14-16H,1-13H2. The van der Waals surface area contributed by atoms with Crippen LogP contribution in [0, 0.1) is 0 Å². The summed E-state index contributed by atoms with van der Waals surface area (Å²) in [6.45, 7) is 7.87. The van der Waals surface area contributed by atoms with E-state index in [9.17, 15) is 0 Å². The molecule has 3 heterocycles. The molecule has 0 radical (unpaired) electrons. The van der Waals surface area contributed by atoms with Gasteiger partial charge in [0.15, 0.2) is 0 Å². The lowest BCUT2D eigenvalue weighted by Crippen LogP contribution is -2.51. The van der Waals surface area contributed by atoms with E-state index in [1.807, 2.05) is 0 Å². The molecular weight excluding hydrogens is 254 g/mol. The third-order valence-electron chi connectivity index (χ3n) is 4.94. The lowest BCUT2D eigenvalue weighted by Gasteiger charge is -2.41. The number of thioether (sulfide) groups is 1. The fraction of sp³-hybridized carbons (Fsp3) is 1.00. The summed E-state index contributed by atoms with van der Waals surface area (Å²) in [7, 11) is 0. The minimum absolute atomic E-state index is 0.741. The highest BCUT2D eigenvalue weighted by atomic mass is 32.2. The maximum Gasteiger partial charge on any atom is 0.0285 e. The van der Waals surface area contributed by atoms with Gasteiger partial charge in [0.2, 0.25) is 0 Å². The van der Waals surface area contributed by atoms with Crippen LogP contribution < -0.4 is 5.32 Å². The molecule has 3 saturated heterocycles. The van der Waals surface area contributed by atoms with Crippen LogP contribution >= 0.6 is 11.8 Å². The summed E-state index contributed by atoms with van der Waals surface area (Å²) in [5, 5.41) is 3.67. The first-order valence-electron chi connectivity index (χ1n) is 8.19. The van der Waals surface area contributed by atoms with E-state index in [1.54, 1.807) is 0 Å². The van der Waals surface area contributed by atoms with E-state index in [-0.39, 0.29) is 0 Å². The van der Waals surface area contributed by atoms with Gasteiger partial charge in [-0.3, -0.25) is 0 Å². The number of hydrogen-bond donors (Lipinski definition) is 1. The Morgan fingerprint density at radius 2 is 1.79 bits per heavy atom. The maximum absolute atomic E-state index is 3.67. The Labute approximate surface area is 122 Å². The Kier molecular flexibility index (Phi) is 5.45. The van der Waals surface area contributed by atoms with Crippen molar-refractivity contribution in [3.8, 4) is 0 Å². The zero-order valence-corrected chi connectivity index (χ0v) is 13.0. The number of hydrogen-bond acceptors (Lipinski definition) is 4. The van der Waals surface area contributed by atoms with Crippen molar-refractivity contribution < 1.29 is 0 Å². The van der Waals surface area contributed by atoms with Crippen LogP contribution in [0.15, 0.2) is 0 Å². The van der Waals surface area contributed by atoms with E-state index in [2.05, 4.69) is 26.9 Å². The van der Waals surface area contributed by atoms with Gasteiger partial charge in [0.05, 0.1) is 0 Å². The second-order valence-electron chi connectivity index (χ2n) is 6.35. The van der Waals surface area contributed by atoms with Crippen molar-refractivity contribution >= 4 is 11.8 Å². The van der Waals surface area contributed by atoms with Crippen molar-refractivity contribution in [2.24, 2.45) is 0 Å². The predicted molar refractivity (Wildman–Crippen MR) is 84.0 cm³/mol. The molecule has 3 aliphatic heterocycles. The Balaban J connectivity index is 1.38. The van der Waals surface area contributed by atoms with Crippen LogP contribution in [-0.2, 0) is 0 Å². The topological polar surface area (TPSA) is 18.5 Å². The van der Waals surface area contributed by atoms with Crippen molar-refractivity contribution in [1.29, 1.82) is 0 Å².